The molecule has 0 aromatic heterocycles. The molecular weight excluding hydrogens is 897 g/mol. The molecule has 0 bridgehead atoms. The number of esters is 2. The van der Waals surface area contributed by atoms with E-state index in [0.717, 1.165) is 70.6 Å². The Morgan fingerprint density at radius 1 is 0.329 bits per heavy atom. The van der Waals surface area contributed by atoms with Gasteiger partial charge in [0.25, 0.3) is 0 Å². The van der Waals surface area contributed by atoms with Gasteiger partial charge in [-0.2, -0.15) is 0 Å². The second-order valence-electron chi connectivity index (χ2n) is 21.5. The van der Waals surface area contributed by atoms with Crippen LogP contribution in [0.2, 0.25) is 0 Å². The van der Waals surface area contributed by atoms with E-state index in [0.29, 0.717) is 12.8 Å². The number of hydrogen-bond acceptors (Lipinski definition) is 5. The van der Waals surface area contributed by atoms with E-state index in [1.165, 1.54) is 231 Å². The summed E-state index contributed by atoms with van der Waals surface area (Å²) in [5, 5.41) is 9.67. The van der Waals surface area contributed by atoms with E-state index in [9.17, 15) is 14.7 Å². The molecule has 0 aromatic rings. The van der Waals surface area contributed by atoms with Gasteiger partial charge in [0.1, 0.15) is 6.61 Å². The Kier molecular flexibility index (Phi) is 61.3. The van der Waals surface area contributed by atoms with Crippen LogP contribution in [-0.4, -0.2) is 36.4 Å². The Morgan fingerprint density at radius 2 is 0.589 bits per heavy atom. The first-order chi connectivity index (χ1) is 36.1. The Labute approximate surface area is 454 Å². The van der Waals surface area contributed by atoms with Gasteiger partial charge in [-0.3, -0.25) is 9.59 Å². The number of aliphatic hydroxyl groups excluding tert-OH is 1. The molecule has 5 nitrogen and oxygen atoms in total. The molecule has 73 heavy (non-hydrogen) atoms. The van der Waals surface area contributed by atoms with Crippen molar-refractivity contribution in [3.05, 3.63) is 72.9 Å². The van der Waals surface area contributed by atoms with Crippen LogP contribution in [-0.2, 0) is 19.1 Å². The van der Waals surface area contributed by atoms with Crippen LogP contribution in [0.4, 0.5) is 0 Å². The second-order valence-corrected chi connectivity index (χ2v) is 21.5. The van der Waals surface area contributed by atoms with Crippen molar-refractivity contribution < 1.29 is 24.2 Å². The minimum Gasteiger partial charge on any atom is -0.462 e. The number of ether oxygens (including phenoxy) is 2. The zero-order valence-electron chi connectivity index (χ0n) is 48.6. The Morgan fingerprint density at radius 3 is 0.890 bits per heavy atom. The molecule has 0 fully saturated rings. The fourth-order valence-electron chi connectivity index (χ4n) is 9.50. The first kappa shape index (κ1) is 70.3. The van der Waals surface area contributed by atoms with Gasteiger partial charge in [-0.1, -0.05) is 324 Å². The van der Waals surface area contributed by atoms with E-state index in [-0.39, 0.29) is 25.2 Å². The third kappa shape index (κ3) is 61.8. The maximum absolute atomic E-state index is 12.3. The highest BCUT2D eigenvalue weighted by Crippen LogP contribution is 2.18. The molecule has 0 spiro atoms. The van der Waals surface area contributed by atoms with Crippen molar-refractivity contribution in [2.75, 3.05) is 13.2 Å². The van der Waals surface area contributed by atoms with Crippen molar-refractivity contribution >= 4 is 11.9 Å². The van der Waals surface area contributed by atoms with Crippen LogP contribution < -0.4 is 0 Å². The molecule has 0 rings (SSSR count). The Balaban J connectivity index is 3.42. The smallest absolute Gasteiger partial charge is 0.306 e. The maximum Gasteiger partial charge on any atom is 0.306 e. The summed E-state index contributed by atoms with van der Waals surface area (Å²) in [5.41, 5.74) is 0. The molecule has 1 atom stereocenters. The molecule has 0 saturated heterocycles. The molecule has 0 aliphatic heterocycles. The van der Waals surface area contributed by atoms with Crippen molar-refractivity contribution in [1.82, 2.24) is 0 Å². The Bertz CT molecular complexity index is 1290. The highest BCUT2D eigenvalue weighted by Gasteiger charge is 2.16. The number of carbonyl (C=O) groups excluding carboxylic acids is 2. The third-order valence-corrected chi connectivity index (χ3v) is 14.3. The Hall–Kier alpha value is -2.66. The van der Waals surface area contributed by atoms with Gasteiger partial charge in [-0.15, -0.1) is 0 Å². The van der Waals surface area contributed by atoms with E-state index in [4.69, 9.17) is 9.47 Å². The summed E-state index contributed by atoms with van der Waals surface area (Å²) >= 11 is 0. The molecular formula is C68H122O5. The molecule has 0 aliphatic rings. The van der Waals surface area contributed by atoms with Gasteiger partial charge < -0.3 is 14.6 Å². The van der Waals surface area contributed by atoms with Gasteiger partial charge in [0.15, 0.2) is 6.10 Å². The van der Waals surface area contributed by atoms with E-state index >= 15 is 0 Å². The molecule has 0 aromatic carbocycles. The maximum atomic E-state index is 12.3. The van der Waals surface area contributed by atoms with Crippen molar-refractivity contribution in [3.63, 3.8) is 0 Å². The van der Waals surface area contributed by atoms with E-state index in [1.807, 2.05) is 0 Å². The lowest BCUT2D eigenvalue weighted by atomic mass is 10.0. The van der Waals surface area contributed by atoms with E-state index < -0.39 is 6.10 Å². The van der Waals surface area contributed by atoms with Crippen LogP contribution >= 0.6 is 0 Å². The zero-order valence-corrected chi connectivity index (χ0v) is 48.6. The lowest BCUT2D eigenvalue weighted by molar-refractivity contribution is -0.161. The van der Waals surface area contributed by atoms with Gasteiger partial charge in [0.2, 0.25) is 0 Å². The van der Waals surface area contributed by atoms with Crippen LogP contribution in [0.1, 0.15) is 328 Å². The van der Waals surface area contributed by atoms with Crippen molar-refractivity contribution in [1.29, 1.82) is 0 Å². The summed E-state index contributed by atoms with van der Waals surface area (Å²) < 4.78 is 10.7. The number of hydrogen-bond donors (Lipinski definition) is 1. The fraction of sp³-hybridized carbons (Fsp3) is 0.794. The second kappa shape index (κ2) is 63.6. The summed E-state index contributed by atoms with van der Waals surface area (Å²) in [6, 6.07) is 0. The summed E-state index contributed by atoms with van der Waals surface area (Å²) in [6.07, 6.45) is 87.7. The molecule has 0 amide bonds. The monoisotopic (exact) mass is 1020 g/mol. The molecule has 0 aliphatic carbocycles. The zero-order chi connectivity index (χ0) is 52.7. The molecule has 0 heterocycles. The van der Waals surface area contributed by atoms with Gasteiger partial charge >= 0.3 is 11.9 Å². The SMILES string of the molecule is CC/C=C\C/C=C\C/C=C\C/C=C\C/C=C\C/C=C\CCCCCCCCCCCCCCCCCCCCCCC(=O)OC(CO)COC(=O)CCCCCCCCCCCCCCCCCCCCCC. The summed E-state index contributed by atoms with van der Waals surface area (Å²) in [4.78, 5) is 24.6. The lowest BCUT2D eigenvalue weighted by Gasteiger charge is -2.15. The third-order valence-electron chi connectivity index (χ3n) is 14.3. The summed E-state index contributed by atoms with van der Waals surface area (Å²) in [7, 11) is 0. The number of carbonyl (C=O) groups is 2. The number of unbranched alkanes of at least 4 members (excludes halogenated alkanes) is 39. The van der Waals surface area contributed by atoms with Gasteiger partial charge in [0, 0.05) is 12.8 Å². The van der Waals surface area contributed by atoms with Crippen molar-refractivity contribution in [2.24, 2.45) is 0 Å². The number of allylic oxidation sites excluding steroid dienone is 12. The average Bonchev–Trinajstić information content (AvgIpc) is 3.39. The molecule has 1 N–H and O–H groups in total. The van der Waals surface area contributed by atoms with Gasteiger partial charge in [-0.05, 0) is 64.2 Å². The van der Waals surface area contributed by atoms with E-state index in [1.54, 1.807) is 0 Å². The van der Waals surface area contributed by atoms with Crippen LogP contribution in [0.3, 0.4) is 0 Å². The predicted molar refractivity (Wildman–Crippen MR) is 320 cm³/mol. The minimum absolute atomic E-state index is 0.0608. The van der Waals surface area contributed by atoms with Crippen LogP contribution in [0.25, 0.3) is 0 Å². The minimum atomic E-state index is -0.770. The molecule has 0 saturated carbocycles. The van der Waals surface area contributed by atoms with Crippen LogP contribution in [0.15, 0.2) is 72.9 Å². The normalized spacial score (nSPS) is 12.6. The van der Waals surface area contributed by atoms with Crippen LogP contribution in [0, 0.1) is 0 Å². The molecule has 424 valence electrons. The van der Waals surface area contributed by atoms with Gasteiger partial charge in [0.05, 0.1) is 6.61 Å². The quantitative estimate of drug-likeness (QED) is 0.0373. The fourth-order valence-corrected chi connectivity index (χ4v) is 9.50. The molecule has 1 unspecified atom stereocenters. The highest BCUT2D eigenvalue weighted by atomic mass is 16.6. The highest BCUT2D eigenvalue weighted by molar-refractivity contribution is 5.70. The van der Waals surface area contributed by atoms with Gasteiger partial charge in [-0.25, -0.2) is 0 Å². The van der Waals surface area contributed by atoms with Crippen molar-refractivity contribution in [2.45, 2.75) is 335 Å². The predicted octanol–water partition coefficient (Wildman–Crippen LogP) is 21.9. The van der Waals surface area contributed by atoms with E-state index in [2.05, 4.69) is 86.8 Å². The molecule has 5 heteroatoms. The number of rotatable bonds is 59. The van der Waals surface area contributed by atoms with Crippen LogP contribution in [0.5, 0.6) is 0 Å². The average molecular weight is 1020 g/mol. The van der Waals surface area contributed by atoms with Crippen molar-refractivity contribution in [3.8, 4) is 0 Å². The lowest BCUT2D eigenvalue weighted by Crippen LogP contribution is -2.28. The standard InChI is InChI=1S/C68H122O5/c1-3-5-7-9-11-13-15-17-19-21-23-25-26-27-28-29-30-31-32-33-34-35-36-37-38-39-40-41-42-43-45-47-49-51-53-55-57-59-61-63-68(71)73-66(64-69)65-72-67(70)62-60-58-56-54-52-50-48-46-44-24-22-20-18-16-14-12-10-8-6-4-2/h5,7,11,13,17,19,23,25,27-28,30-31,66,69H,3-4,6,8-10,12,14-16,18,20-22,24,26,29,32-65H2,1-2H3/b7-5-,13-11-,19-17-,25-23-,28-27-,31-30-. The summed E-state index contributed by atoms with van der Waals surface area (Å²) in [5.74, 6) is -0.571. The topological polar surface area (TPSA) is 72.8 Å². The largest absolute Gasteiger partial charge is 0.462 e. The first-order valence-electron chi connectivity index (χ1n) is 32.0. The summed E-state index contributed by atoms with van der Waals surface area (Å²) in [6.45, 7) is 4.07. The first-order valence-corrected chi connectivity index (χ1v) is 32.0. The number of aliphatic hydroxyl groups is 1. The molecule has 0 radical (unpaired) electrons.